The number of thioether (sulfide) groups is 1. The Morgan fingerprint density at radius 3 is 2.65 bits per heavy atom. The number of carboxylic acid groups (broad SMARTS) is 1. The van der Waals surface area contributed by atoms with Gasteiger partial charge in [0.05, 0.1) is 11.8 Å². The number of carbonyl (C=O) groups excluding carboxylic acids is 2. The molecule has 1 aromatic rings. The maximum absolute atomic E-state index is 12.2. The van der Waals surface area contributed by atoms with Crippen LogP contribution in [0.5, 0.6) is 0 Å². The van der Waals surface area contributed by atoms with E-state index >= 15 is 0 Å². The summed E-state index contributed by atoms with van der Waals surface area (Å²) in [4.78, 5) is 36.6. The minimum absolute atomic E-state index is 0.0516. The summed E-state index contributed by atoms with van der Waals surface area (Å²) in [6.45, 7) is 1.48. The molecule has 0 aromatic heterocycles. The molecule has 0 saturated carbocycles. The van der Waals surface area contributed by atoms with Crippen LogP contribution in [0, 0.1) is 5.92 Å². The number of nitrogens with zero attached hydrogens (tertiary/aromatic N) is 1. The van der Waals surface area contributed by atoms with E-state index < -0.39 is 17.9 Å². The largest absolute Gasteiger partial charge is 0.481 e. The van der Waals surface area contributed by atoms with Crippen molar-refractivity contribution in [1.29, 1.82) is 0 Å². The van der Waals surface area contributed by atoms with Gasteiger partial charge in [-0.2, -0.15) is 0 Å². The average molecular weight is 336 g/mol. The normalized spacial score (nSPS) is 18.5. The molecule has 1 saturated heterocycles. The summed E-state index contributed by atoms with van der Waals surface area (Å²) in [5.41, 5.74) is 0.913. The first-order chi connectivity index (χ1) is 11.0. The third-order valence-electron chi connectivity index (χ3n) is 3.79. The van der Waals surface area contributed by atoms with Crippen LogP contribution < -0.4 is 5.32 Å². The second-order valence-corrected chi connectivity index (χ2v) is 6.47. The first-order valence-electron chi connectivity index (χ1n) is 7.38. The van der Waals surface area contributed by atoms with Crippen LogP contribution in [0.1, 0.15) is 12.5 Å². The van der Waals surface area contributed by atoms with Crippen LogP contribution in [-0.4, -0.2) is 52.0 Å². The molecule has 124 valence electrons. The predicted molar refractivity (Wildman–Crippen MR) is 87.9 cm³/mol. The first kappa shape index (κ1) is 17.3. The van der Waals surface area contributed by atoms with E-state index in [0.717, 1.165) is 5.56 Å². The molecule has 23 heavy (non-hydrogen) atoms. The van der Waals surface area contributed by atoms with E-state index in [-0.39, 0.29) is 18.4 Å². The summed E-state index contributed by atoms with van der Waals surface area (Å²) in [5.74, 6) is -1.03. The highest BCUT2D eigenvalue weighted by molar-refractivity contribution is 7.99. The lowest BCUT2D eigenvalue weighted by Gasteiger charge is -2.22. The molecule has 1 fully saturated rings. The lowest BCUT2D eigenvalue weighted by molar-refractivity contribution is -0.142. The van der Waals surface area contributed by atoms with Gasteiger partial charge in [0.1, 0.15) is 6.04 Å². The van der Waals surface area contributed by atoms with E-state index in [1.807, 2.05) is 30.3 Å². The maximum Gasteiger partial charge on any atom is 0.308 e. The Kier molecular flexibility index (Phi) is 6.04. The van der Waals surface area contributed by atoms with Crippen molar-refractivity contribution in [2.45, 2.75) is 19.4 Å². The van der Waals surface area contributed by atoms with Crippen molar-refractivity contribution in [2.24, 2.45) is 5.92 Å². The number of benzene rings is 1. The number of hydrogen-bond donors (Lipinski definition) is 2. The Morgan fingerprint density at radius 1 is 1.35 bits per heavy atom. The van der Waals surface area contributed by atoms with Gasteiger partial charge < -0.3 is 15.3 Å². The van der Waals surface area contributed by atoms with Crippen LogP contribution >= 0.6 is 11.8 Å². The Morgan fingerprint density at radius 2 is 2.04 bits per heavy atom. The van der Waals surface area contributed by atoms with Gasteiger partial charge in [0.25, 0.3) is 0 Å². The maximum atomic E-state index is 12.2. The molecule has 2 N–H and O–H groups in total. The van der Waals surface area contributed by atoms with E-state index in [9.17, 15) is 19.5 Å². The van der Waals surface area contributed by atoms with Crippen molar-refractivity contribution in [2.75, 3.05) is 18.2 Å². The topological polar surface area (TPSA) is 86.7 Å². The van der Waals surface area contributed by atoms with Gasteiger partial charge in [0, 0.05) is 19.2 Å². The van der Waals surface area contributed by atoms with Crippen molar-refractivity contribution in [3.8, 4) is 0 Å². The van der Waals surface area contributed by atoms with Gasteiger partial charge in [-0.05, 0) is 12.0 Å². The average Bonchev–Trinajstić information content (AvgIpc) is 3.01. The summed E-state index contributed by atoms with van der Waals surface area (Å²) >= 11 is 1.52. The zero-order chi connectivity index (χ0) is 16.8. The summed E-state index contributed by atoms with van der Waals surface area (Å²) in [7, 11) is 0. The van der Waals surface area contributed by atoms with Crippen LogP contribution in [0.15, 0.2) is 30.3 Å². The predicted octanol–water partition coefficient (Wildman–Crippen LogP) is 0.967. The fourth-order valence-corrected chi connectivity index (χ4v) is 3.68. The quantitative estimate of drug-likeness (QED) is 0.808. The van der Waals surface area contributed by atoms with Gasteiger partial charge in [0.2, 0.25) is 11.8 Å². The van der Waals surface area contributed by atoms with Crippen molar-refractivity contribution in [3.63, 3.8) is 0 Å². The molecule has 2 rings (SSSR count). The van der Waals surface area contributed by atoms with Gasteiger partial charge in [-0.15, -0.1) is 11.8 Å². The lowest BCUT2D eigenvalue weighted by atomic mass is 9.99. The zero-order valence-electron chi connectivity index (χ0n) is 12.9. The molecule has 7 heteroatoms. The van der Waals surface area contributed by atoms with Crippen LogP contribution in [-0.2, 0) is 20.8 Å². The highest BCUT2D eigenvalue weighted by atomic mass is 32.2. The number of amides is 2. The molecule has 2 amide bonds. The molecule has 0 bridgehead atoms. The number of rotatable bonds is 6. The van der Waals surface area contributed by atoms with E-state index in [2.05, 4.69) is 5.32 Å². The fourth-order valence-electron chi connectivity index (χ4n) is 2.46. The molecule has 1 aromatic carbocycles. The molecule has 1 aliphatic heterocycles. The van der Waals surface area contributed by atoms with Gasteiger partial charge in [-0.3, -0.25) is 14.4 Å². The molecule has 0 radical (unpaired) electrons. The Balaban J connectivity index is 1.92. The molecule has 1 heterocycles. The molecule has 6 nitrogen and oxygen atoms in total. The van der Waals surface area contributed by atoms with Crippen molar-refractivity contribution < 1.29 is 19.5 Å². The smallest absolute Gasteiger partial charge is 0.308 e. The number of carboxylic acids is 1. The summed E-state index contributed by atoms with van der Waals surface area (Å²) in [6, 6.07) is 8.80. The van der Waals surface area contributed by atoms with Gasteiger partial charge in [-0.1, -0.05) is 30.3 Å². The van der Waals surface area contributed by atoms with Crippen LogP contribution in [0.2, 0.25) is 0 Å². The molecular formula is C16H20N2O4S. The van der Waals surface area contributed by atoms with Crippen LogP contribution in [0.25, 0.3) is 0 Å². The second kappa shape index (κ2) is 8.01. The number of hydrogen-bond acceptors (Lipinski definition) is 4. The molecule has 2 atom stereocenters. The zero-order valence-corrected chi connectivity index (χ0v) is 13.7. The third-order valence-corrected chi connectivity index (χ3v) is 4.80. The van der Waals surface area contributed by atoms with Crippen LogP contribution in [0.3, 0.4) is 0 Å². The standard InChI is InChI=1S/C16H20N2O4S/c1-11(19)18-10-23-9-14(18)15(20)17-8-13(16(21)22)7-12-5-3-2-4-6-12/h2-6,13-14H,7-10H2,1H3,(H,17,20)(H,21,22)/t13-,14-/m0/s1. The first-order valence-corrected chi connectivity index (χ1v) is 8.54. The molecule has 1 aliphatic rings. The molecule has 0 spiro atoms. The fraction of sp³-hybridized carbons (Fsp3) is 0.438. The van der Waals surface area contributed by atoms with E-state index in [0.29, 0.717) is 18.1 Å². The monoisotopic (exact) mass is 336 g/mol. The van der Waals surface area contributed by atoms with E-state index in [1.54, 1.807) is 0 Å². The summed E-state index contributed by atoms with van der Waals surface area (Å²) < 4.78 is 0. The van der Waals surface area contributed by atoms with Gasteiger partial charge in [-0.25, -0.2) is 0 Å². The molecule has 0 aliphatic carbocycles. The minimum Gasteiger partial charge on any atom is -0.481 e. The van der Waals surface area contributed by atoms with Gasteiger partial charge >= 0.3 is 5.97 Å². The Bertz CT molecular complexity index is 579. The van der Waals surface area contributed by atoms with Crippen LogP contribution in [0.4, 0.5) is 0 Å². The SMILES string of the molecule is CC(=O)N1CSC[C@H]1C(=O)NC[C@H](Cc1ccccc1)C(=O)O. The highest BCUT2D eigenvalue weighted by Crippen LogP contribution is 2.21. The number of carbonyl (C=O) groups is 3. The highest BCUT2D eigenvalue weighted by Gasteiger charge is 2.33. The van der Waals surface area contributed by atoms with E-state index in [4.69, 9.17) is 0 Å². The lowest BCUT2D eigenvalue weighted by Crippen LogP contribution is -2.48. The number of aliphatic carboxylic acids is 1. The molecule has 0 unspecified atom stereocenters. The Hall–Kier alpha value is -2.02. The molecular weight excluding hydrogens is 316 g/mol. The van der Waals surface area contributed by atoms with Gasteiger partial charge in [0.15, 0.2) is 0 Å². The Labute approximate surface area is 139 Å². The minimum atomic E-state index is -0.946. The third kappa shape index (κ3) is 4.72. The summed E-state index contributed by atoms with van der Waals surface area (Å²) in [5, 5.41) is 12.0. The van der Waals surface area contributed by atoms with E-state index in [1.165, 1.54) is 23.6 Å². The van der Waals surface area contributed by atoms with Crippen molar-refractivity contribution >= 4 is 29.5 Å². The number of nitrogens with one attached hydrogen (secondary N) is 1. The second-order valence-electron chi connectivity index (χ2n) is 5.47. The van der Waals surface area contributed by atoms with Crippen molar-refractivity contribution in [3.05, 3.63) is 35.9 Å². The summed E-state index contributed by atoms with van der Waals surface area (Å²) in [6.07, 6.45) is 0.353. The van der Waals surface area contributed by atoms with Crippen molar-refractivity contribution in [1.82, 2.24) is 10.2 Å².